The number of halogens is 2. The van der Waals surface area contributed by atoms with Gasteiger partial charge in [0.15, 0.2) is 5.13 Å². The van der Waals surface area contributed by atoms with Gasteiger partial charge in [0, 0.05) is 31.6 Å². The van der Waals surface area contributed by atoms with Gasteiger partial charge in [-0.2, -0.15) is 0 Å². The Kier molecular flexibility index (Phi) is 12.8. The second-order valence-electron chi connectivity index (χ2n) is 10.5. The molecule has 0 saturated heterocycles. The van der Waals surface area contributed by atoms with Gasteiger partial charge >= 0.3 is 5.97 Å². The summed E-state index contributed by atoms with van der Waals surface area (Å²) in [6.07, 6.45) is 1.50. The van der Waals surface area contributed by atoms with Crippen molar-refractivity contribution in [1.82, 2.24) is 10.3 Å². The van der Waals surface area contributed by atoms with Gasteiger partial charge in [0.2, 0.25) is 5.91 Å². The molecule has 4 aromatic carbocycles. The molecule has 3 amide bonds. The minimum atomic E-state index is -0.638. The molecule has 3 N–H and O–H groups in total. The Morgan fingerprint density at radius 2 is 1.60 bits per heavy atom. The van der Waals surface area contributed by atoms with Gasteiger partial charge in [-0.15, -0.1) is 23.1 Å². The first-order valence-electron chi connectivity index (χ1n) is 15.3. The van der Waals surface area contributed by atoms with Gasteiger partial charge in [-0.25, -0.2) is 4.98 Å². The smallest absolute Gasteiger partial charge is 0.311 e. The van der Waals surface area contributed by atoms with Crippen LogP contribution in [0.5, 0.6) is 0 Å². The lowest BCUT2D eigenvalue weighted by Gasteiger charge is -2.17. The minimum Gasteiger partial charge on any atom is -0.466 e. The lowest BCUT2D eigenvalue weighted by atomic mass is 10.1. The first kappa shape index (κ1) is 36.3. The second-order valence-corrected chi connectivity index (χ2v) is 13.4. The van der Waals surface area contributed by atoms with E-state index < -0.39 is 17.1 Å². The first-order chi connectivity index (χ1) is 24.2. The number of thiazole rings is 1. The summed E-state index contributed by atoms with van der Waals surface area (Å²) >= 11 is 15.0. The quantitative estimate of drug-likeness (QED) is 0.0628. The summed E-state index contributed by atoms with van der Waals surface area (Å²) in [7, 11) is 0. The van der Waals surface area contributed by atoms with E-state index in [4.69, 9.17) is 27.9 Å². The van der Waals surface area contributed by atoms with Crippen LogP contribution in [0.1, 0.15) is 39.4 Å². The SMILES string of the molecule is CCOC(=O)Cc1csc(NC(=O)C(Sc2ccc(NC(=O)/C(=C/c3ccc(Cl)cc3Cl)NC(=O)c3ccccc3)cc2)c2ccccc2)n1. The molecule has 0 aliphatic heterocycles. The Bertz CT molecular complexity index is 2010. The number of thioether (sulfide) groups is 1. The van der Waals surface area contributed by atoms with Crippen molar-refractivity contribution in [2.45, 2.75) is 23.5 Å². The van der Waals surface area contributed by atoms with Crippen LogP contribution in [0.2, 0.25) is 10.0 Å². The molecule has 1 atom stereocenters. The normalized spacial score (nSPS) is 11.7. The molecule has 1 unspecified atom stereocenters. The Labute approximate surface area is 307 Å². The lowest BCUT2D eigenvalue weighted by Crippen LogP contribution is -2.30. The maximum absolute atomic E-state index is 13.6. The van der Waals surface area contributed by atoms with Crippen LogP contribution in [0.3, 0.4) is 0 Å². The van der Waals surface area contributed by atoms with E-state index in [2.05, 4.69) is 20.9 Å². The number of ether oxygens (including phenoxy) is 1. The topological polar surface area (TPSA) is 126 Å². The van der Waals surface area contributed by atoms with Crippen molar-refractivity contribution in [3.05, 3.63) is 147 Å². The van der Waals surface area contributed by atoms with Crippen LogP contribution in [0.4, 0.5) is 10.8 Å². The van der Waals surface area contributed by atoms with Gasteiger partial charge in [0.25, 0.3) is 11.8 Å². The molecule has 0 radical (unpaired) electrons. The Morgan fingerprint density at radius 1 is 0.900 bits per heavy atom. The standard InChI is InChI=1S/C37H30Cl2N4O5S2/c1-2-48-32(44)21-28-22-49-37(41-28)43-36(47)33(23-9-5-3-6-10-23)50-29-17-15-27(16-18-29)40-35(46)31(19-25-13-14-26(38)20-30(25)39)42-34(45)24-11-7-4-8-12-24/h3-20,22,33H,2,21H2,1H3,(H,40,46)(H,42,45)(H,41,43,47)/b31-19-. The zero-order chi connectivity index (χ0) is 35.5. The van der Waals surface area contributed by atoms with Crippen LogP contribution in [0.15, 0.2) is 119 Å². The number of benzene rings is 4. The summed E-state index contributed by atoms with van der Waals surface area (Å²) in [6, 6.07) is 29.6. The van der Waals surface area contributed by atoms with Gasteiger partial charge in [-0.1, -0.05) is 77.8 Å². The summed E-state index contributed by atoms with van der Waals surface area (Å²) < 4.78 is 4.99. The highest BCUT2D eigenvalue weighted by Crippen LogP contribution is 2.37. The molecule has 0 aliphatic carbocycles. The number of hydrogen-bond acceptors (Lipinski definition) is 8. The molecular weight excluding hydrogens is 715 g/mol. The molecule has 1 aromatic heterocycles. The molecule has 50 heavy (non-hydrogen) atoms. The lowest BCUT2D eigenvalue weighted by molar-refractivity contribution is -0.142. The van der Waals surface area contributed by atoms with E-state index in [0.29, 0.717) is 37.7 Å². The number of hydrogen-bond donors (Lipinski definition) is 3. The molecule has 0 bridgehead atoms. The molecule has 13 heteroatoms. The van der Waals surface area contributed by atoms with E-state index in [-0.39, 0.29) is 30.6 Å². The molecular formula is C37H30Cl2N4O5S2. The fourth-order valence-electron chi connectivity index (χ4n) is 4.55. The van der Waals surface area contributed by atoms with E-state index >= 15 is 0 Å². The molecule has 1 heterocycles. The molecule has 254 valence electrons. The number of rotatable bonds is 13. The van der Waals surface area contributed by atoms with Gasteiger partial charge in [0.05, 0.1) is 18.7 Å². The van der Waals surface area contributed by atoms with Crippen LogP contribution in [-0.4, -0.2) is 35.3 Å². The summed E-state index contributed by atoms with van der Waals surface area (Å²) in [5, 5.41) is 10.6. The van der Waals surface area contributed by atoms with E-state index in [1.807, 2.05) is 30.3 Å². The van der Waals surface area contributed by atoms with Crippen molar-refractivity contribution in [2.75, 3.05) is 17.2 Å². The van der Waals surface area contributed by atoms with Crippen LogP contribution in [-0.2, 0) is 25.5 Å². The van der Waals surface area contributed by atoms with Crippen molar-refractivity contribution < 1.29 is 23.9 Å². The third kappa shape index (κ3) is 10.3. The van der Waals surface area contributed by atoms with Gasteiger partial charge in [-0.3, -0.25) is 19.2 Å². The van der Waals surface area contributed by atoms with Crippen molar-refractivity contribution in [1.29, 1.82) is 0 Å². The summed E-state index contributed by atoms with van der Waals surface area (Å²) in [5.41, 5.74) is 2.58. The van der Waals surface area contributed by atoms with Crippen LogP contribution < -0.4 is 16.0 Å². The van der Waals surface area contributed by atoms with Crippen molar-refractivity contribution >= 4 is 86.9 Å². The molecule has 0 saturated carbocycles. The van der Waals surface area contributed by atoms with Crippen LogP contribution >= 0.6 is 46.3 Å². The molecule has 0 fully saturated rings. The molecule has 0 aliphatic rings. The molecule has 9 nitrogen and oxygen atoms in total. The van der Waals surface area contributed by atoms with Crippen LogP contribution in [0, 0.1) is 0 Å². The number of esters is 1. The molecule has 0 spiro atoms. The third-order valence-corrected chi connectivity index (χ3v) is 9.55. The number of carbonyl (C=O) groups is 4. The van der Waals surface area contributed by atoms with E-state index in [1.54, 1.807) is 85.1 Å². The Balaban J connectivity index is 1.31. The average molecular weight is 746 g/mol. The Hall–Kier alpha value is -4.94. The summed E-state index contributed by atoms with van der Waals surface area (Å²) in [5.74, 6) is -1.72. The number of nitrogens with one attached hydrogen (secondary N) is 3. The highest BCUT2D eigenvalue weighted by molar-refractivity contribution is 8.00. The van der Waals surface area contributed by atoms with E-state index in [9.17, 15) is 19.2 Å². The monoisotopic (exact) mass is 744 g/mol. The first-order valence-corrected chi connectivity index (χ1v) is 17.8. The number of anilines is 2. The van der Waals surface area contributed by atoms with Gasteiger partial charge in [0.1, 0.15) is 10.9 Å². The number of amides is 3. The van der Waals surface area contributed by atoms with E-state index in [0.717, 1.165) is 10.5 Å². The number of carbonyl (C=O) groups excluding carboxylic acids is 4. The number of aromatic nitrogens is 1. The fourth-order valence-corrected chi connectivity index (χ4v) is 6.75. The van der Waals surface area contributed by atoms with Crippen molar-refractivity contribution in [3.8, 4) is 0 Å². The summed E-state index contributed by atoms with van der Waals surface area (Å²) in [6.45, 7) is 2.01. The van der Waals surface area contributed by atoms with E-state index in [1.165, 1.54) is 29.2 Å². The average Bonchev–Trinajstić information content (AvgIpc) is 3.55. The van der Waals surface area contributed by atoms with Gasteiger partial charge < -0.3 is 20.7 Å². The maximum atomic E-state index is 13.6. The third-order valence-electron chi connectivity index (χ3n) is 6.91. The zero-order valence-corrected chi connectivity index (χ0v) is 29.7. The van der Waals surface area contributed by atoms with Crippen LogP contribution in [0.25, 0.3) is 6.08 Å². The maximum Gasteiger partial charge on any atom is 0.311 e. The minimum absolute atomic E-state index is 0.0194. The largest absolute Gasteiger partial charge is 0.466 e. The van der Waals surface area contributed by atoms with Crippen molar-refractivity contribution in [2.24, 2.45) is 0 Å². The predicted octanol–water partition coefficient (Wildman–Crippen LogP) is 8.44. The van der Waals surface area contributed by atoms with Crippen molar-refractivity contribution in [3.63, 3.8) is 0 Å². The van der Waals surface area contributed by atoms with Gasteiger partial charge in [-0.05, 0) is 72.7 Å². The zero-order valence-electron chi connectivity index (χ0n) is 26.5. The number of nitrogens with zero attached hydrogens (tertiary/aromatic N) is 1. The fraction of sp³-hybridized carbons (Fsp3) is 0.108. The molecule has 5 rings (SSSR count). The molecule has 5 aromatic rings. The highest BCUT2D eigenvalue weighted by Gasteiger charge is 2.24. The predicted molar refractivity (Wildman–Crippen MR) is 200 cm³/mol. The highest BCUT2D eigenvalue weighted by atomic mass is 35.5. The summed E-state index contributed by atoms with van der Waals surface area (Å²) in [4.78, 5) is 57.0. The Morgan fingerprint density at radius 3 is 2.28 bits per heavy atom. The second kappa shape index (κ2) is 17.6.